The van der Waals surface area contributed by atoms with Crippen LogP contribution in [0.4, 0.5) is 0 Å². The topological polar surface area (TPSA) is 68.0 Å². The summed E-state index contributed by atoms with van der Waals surface area (Å²) in [6.45, 7) is 0.524. The lowest BCUT2D eigenvalue weighted by molar-refractivity contribution is -0.136. The largest absolute Gasteiger partial charge is 0.481 e. The summed E-state index contributed by atoms with van der Waals surface area (Å²) < 4.78 is 2.60. The Labute approximate surface area is 106 Å². The van der Waals surface area contributed by atoms with Crippen LogP contribution in [0.2, 0.25) is 0 Å². The maximum Gasteiger partial charge on any atom is 0.309 e. The summed E-state index contributed by atoms with van der Waals surface area (Å²) >= 11 is 3.36. The standard InChI is InChI=1S/C11H10BrN3O2/c12-9-3-1-8(2-4-9)7-15-10(5-11(16)17)6-13-14-15/h1-4,6H,5,7H2,(H,16,17). The van der Waals surface area contributed by atoms with E-state index in [0.29, 0.717) is 12.2 Å². The summed E-state index contributed by atoms with van der Waals surface area (Å²) in [7, 11) is 0. The van der Waals surface area contributed by atoms with Gasteiger partial charge in [-0.1, -0.05) is 33.3 Å². The normalized spacial score (nSPS) is 10.4. The molecular weight excluding hydrogens is 286 g/mol. The molecule has 0 radical (unpaired) electrons. The highest BCUT2D eigenvalue weighted by molar-refractivity contribution is 9.10. The maximum absolute atomic E-state index is 10.6. The molecule has 0 aliphatic heterocycles. The van der Waals surface area contributed by atoms with Crippen molar-refractivity contribution in [1.29, 1.82) is 0 Å². The minimum absolute atomic E-state index is 0.0659. The molecule has 0 fully saturated rings. The minimum atomic E-state index is -0.885. The summed E-state index contributed by atoms with van der Waals surface area (Å²) in [6, 6.07) is 7.78. The molecule has 0 aliphatic carbocycles. The third-order valence-electron chi connectivity index (χ3n) is 2.28. The van der Waals surface area contributed by atoms with E-state index in [1.807, 2.05) is 24.3 Å². The molecule has 1 aromatic heterocycles. The van der Waals surface area contributed by atoms with Gasteiger partial charge in [0.2, 0.25) is 0 Å². The fourth-order valence-corrected chi connectivity index (χ4v) is 1.73. The van der Waals surface area contributed by atoms with E-state index in [9.17, 15) is 4.79 Å². The van der Waals surface area contributed by atoms with Crippen LogP contribution in [0.3, 0.4) is 0 Å². The number of carboxylic acids is 1. The summed E-state index contributed by atoms with van der Waals surface area (Å²) in [5.41, 5.74) is 1.64. The van der Waals surface area contributed by atoms with E-state index in [-0.39, 0.29) is 6.42 Å². The highest BCUT2D eigenvalue weighted by Gasteiger charge is 2.08. The Morgan fingerprint density at radius 3 is 2.71 bits per heavy atom. The van der Waals surface area contributed by atoms with E-state index in [4.69, 9.17) is 5.11 Å². The number of aromatic nitrogens is 3. The van der Waals surface area contributed by atoms with E-state index >= 15 is 0 Å². The van der Waals surface area contributed by atoms with Crippen molar-refractivity contribution in [3.8, 4) is 0 Å². The van der Waals surface area contributed by atoms with Gasteiger partial charge in [0.25, 0.3) is 0 Å². The zero-order valence-electron chi connectivity index (χ0n) is 8.88. The number of carboxylic acid groups (broad SMARTS) is 1. The van der Waals surface area contributed by atoms with E-state index in [2.05, 4.69) is 26.2 Å². The number of halogens is 1. The second-order valence-corrected chi connectivity index (χ2v) is 4.50. The van der Waals surface area contributed by atoms with Crippen molar-refractivity contribution in [1.82, 2.24) is 15.0 Å². The van der Waals surface area contributed by atoms with Crippen LogP contribution in [-0.4, -0.2) is 26.1 Å². The molecule has 0 spiro atoms. The van der Waals surface area contributed by atoms with Gasteiger partial charge >= 0.3 is 5.97 Å². The quantitative estimate of drug-likeness (QED) is 0.932. The first-order chi connectivity index (χ1) is 8.15. The van der Waals surface area contributed by atoms with Crippen LogP contribution in [0.5, 0.6) is 0 Å². The Hall–Kier alpha value is -1.69. The Morgan fingerprint density at radius 1 is 1.35 bits per heavy atom. The third kappa shape index (κ3) is 3.13. The van der Waals surface area contributed by atoms with Crippen molar-refractivity contribution in [2.24, 2.45) is 0 Å². The van der Waals surface area contributed by atoms with E-state index in [1.165, 1.54) is 6.20 Å². The van der Waals surface area contributed by atoms with E-state index < -0.39 is 5.97 Å². The predicted octanol–water partition coefficient (Wildman–Crippen LogP) is 1.72. The average molecular weight is 296 g/mol. The first-order valence-corrected chi connectivity index (χ1v) is 5.78. The lowest BCUT2D eigenvalue weighted by Gasteiger charge is -2.04. The van der Waals surface area contributed by atoms with E-state index in [1.54, 1.807) is 4.68 Å². The van der Waals surface area contributed by atoms with Crippen LogP contribution >= 0.6 is 15.9 Å². The molecule has 1 heterocycles. The van der Waals surface area contributed by atoms with Gasteiger partial charge in [-0.25, -0.2) is 4.68 Å². The highest BCUT2D eigenvalue weighted by Crippen LogP contribution is 2.12. The fraction of sp³-hybridized carbons (Fsp3) is 0.182. The Bertz CT molecular complexity index is 522. The molecule has 2 aromatic rings. The van der Waals surface area contributed by atoms with Gasteiger partial charge in [-0.3, -0.25) is 4.79 Å². The summed E-state index contributed by atoms with van der Waals surface area (Å²) in [4.78, 5) is 10.6. The zero-order chi connectivity index (χ0) is 12.3. The summed E-state index contributed by atoms with van der Waals surface area (Å²) in [5.74, 6) is -0.885. The highest BCUT2D eigenvalue weighted by atomic mass is 79.9. The van der Waals surface area contributed by atoms with Crippen LogP contribution in [-0.2, 0) is 17.8 Å². The average Bonchev–Trinajstić information content (AvgIpc) is 2.68. The van der Waals surface area contributed by atoms with Gasteiger partial charge in [-0.05, 0) is 17.7 Å². The van der Waals surface area contributed by atoms with Gasteiger partial charge in [-0.2, -0.15) is 0 Å². The first-order valence-electron chi connectivity index (χ1n) is 4.99. The molecular formula is C11H10BrN3O2. The number of aliphatic carboxylic acids is 1. The zero-order valence-corrected chi connectivity index (χ0v) is 10.5. The summed E-state index contributed by atoms with van der Waals surface area (Å²) in [6.07, 6.45) is 1.41. The van der Waals surface area contributed by atoms with Gasteiger partial charge in [0, 0.05) is 4.47 Å². The molecule has 0 amide bonds. The molecule has 17 heavy (non-hydrogen) atoms. The van der Waals surface area contributed by atoms with Crippen molar-refractivity contribution in [2.75, 3.05) is 0 Å². The molecule has 0 unspecified atom stereocenters. The fourth-order valence-electron chi connectivity index (χ4n) is 1.47. The molecule has 1 N–H and O–H groups in total. The minimum Gasteiger partial charge on any atom is -0.481 e. The van der Waals surface area contributed by atoms with Gasteiger partial charge in [-0.15, -0.1) is 5.10 Å². The molecule has 0 bridgehead atoms. The molecule has 0 aliphatic rings. The lowest BCUT2D eigenvalue weighted by Crippen LogP contribution is -2.10. The van der Waals surface area contributed by atoms with Crippen molar-refractivity contribution >= 4 is 21.9 Å². The second kappa shape index (κ2) is 5.09. The molecule has 0 saturated heterocycles. The van der Waals surface area contributed by atoms with Crippen molar-refractivity contribution in [2.45, 2.75) is 13.0 Å². The Morgan fingerprint density at radius 2 is 2.06 bits per heavy atom. The molecule has 88 valence electrons. The van der Waals surface area contributed by atoms with Crippen LogP contribution < -0.4 is 0 Å². The second-order valence-electron chi connectivity index (χ2n) is 3.58. The molecule has 2 rings (SSSR count). The van der Waals surface area contributed by atoms with Crippen molar-refractivity contribution in [3.63, 3.8) is 0 Å². The first kappa shape index (κ1) is 11.8. The van der Waals surface area contributed by atoms with Gasteiger partial charge in [0.15, 0.2) is 0 Å². The number of hydrogen-bond acceptors (Lipinski definition) is 3. The smallest absolute Gasteiger partial charge is 0.309 e. The van der Waals surface area contributed by atoms with Gasteiger partial charge < -0.3 is 5.11 Å². The van der Waals surface area contributed by atoms with Crippen LogP contribution in [0.25, 0.3) is 0 Å². The Kier molecular flexibility index (Phi) is 3.53. The number of hydrogen-bond donors (Lipinski definition) is 1. The Balaban J connectivity index is 2.15. The molecule has 0 saturated carbocycles. The van der Waals surface area contributed by atoms with Crippen LogP contribution in [0.1, 0.15) is 11.3 Å². The van der Waals surface area contributed by atoms with Crippen LogP contribution in [0.15, 0.2) is 34.9 Å². The lowest BCUT2D eigenvalue weighted by atomic mass is 10.2. The number of carbonyl (C=O) groups is 1. The van der Waals surface area contributed by atoms with Gasteiger partial charge in [0.1, 0.15) is 0 Å². The van der Waals surface area contributed by atoms with Crippen molar-refractivity contribution in [3.05, 3.63) is 46.2 Å². The monoisotopic (exact) mass is 295 g/mol. The van der Waals surface area contributed by atoms with Crippen molar-refractivity contribution < 1.29 is 9.90 Å². The number of nitrogens with zero attached hydrogens (tertiary/aromatic N) is 3. The summed E-state index contributed by atoms with van der Waals surface area (Å²) in [5, 5.41) is 16.3. The van der Waals surface area contributed by atoms with E-state index in [0.717, 1.165) is 10.0 Å². The SMILES string of the molecule is O=C(O)Cc1cnnn1Cc1ccc(Br)cc1. The molecule has 5 nitrogen and oxygen atoms in total. The third-order valence-corrected chi connectivity index (χ3v) is 2.80. The molecule has 1 aromatic carbocycles. The number of benzene rings is 1. The number of rotatable bonds is 4. The molecule has 6 heteroatoms. The van der Waals surface area contributed by atoms with Gasteiger partial charge in [0.05, 0.1) is 24.9 Å². The van der Waals surface area contributed by atoms with Crippen LogP contribution in [0, 0.1) is 0 Å². The predicted molar refractivity (Wildman–Crippen MR) is 64.6 cm³/mol. The molecule has 0 atom stereocenters. The maximum atomic E-state index is 10.6.